The lowest BCUT2D eigenvalue weighted by molar-refractivity contribution is -0.140. The van der Waals surface area contributed by atoms with Crippen molar-refractivity contribution in [3.63, 3.8) is 0 Å². The van der Waals surface area contributed by atoms with Crippen molar-refractivity contribution in [3.8, 4) is 0 Å². The van der Waals surface area contributed by atoms with Crippen molar-refractivity contribution in [1.82, 2.24) is 9.80 Å². The maximum atomic E-state index is 13.1. The van der Waals surface area contributed by atoms with Gasteiger partial charge in [0.15, 0.2) is 0 Å². The van der Waals surface area contributed by atoms with Gasteiger partial charge in [0.1, 0.15) is 0 Å². The van der Waals surface area contributed by atoms with Crippen LogP contribution in [0, 0.1) is 5.92 Å². The lowest BCUT2D eigenvalue weighted by Gasteiger charge is -2.33. The van der Waals surface area contributed by atoms with E-state index in [-0.39, 0.29) is 36.0 Å². The number of imide groups is 1. The fourth-order valence-corrected chi connectivity index (χ4v) is 4.84. The number of carbonyl (C=O) groups is 3. The maximum Gasteiger partial charge on any atom is 0.247 e. The van der Waals surface area contributed by atoms with Gasteiger partial charge in [-0.05, 0) is 43.5 Å². The molecule has 162 valence electrons. The van der Waals surface area contributed by atoms with Crippen molar-refractivity contribution in [2.24, 2.45) is 11.7 Å². The molecule has 0 aliphatic carbocycles. The number of nitrogens with two attached hydrogens (primary N) is 1. The van der Waals surface area contributed by atoms with Crippen LogP contribution in [0.4, 0.5) is 0 Å². The van der Waals surface area contributed by atoms with Crippen LogP contribution in [0.15, 0.2) is 60.7 Å². The van der Waals surface area contributed by atoms with Crippen molar-refractivity contribution in [2.45, 2.75) is 37.6 Å². The molecule has 0 aromatic heterocycles. The average Bonchev–Trinajstić information content (AvgIpc) is 3.09. The number of hydrogen-bond donors (Lipinski definition) is 1. The molecule has 2 fully saturated rings. The Morgan fingerprint density at radius 2 is 1.48 bits per heavy atom. The van der Waals surface area contributed by atoms with Crippen molar-refractivity contribution < 1.29 is 14.4 Å². The largest absolute Gasteiger partial charge is 0.369 e. The monoisotopic (exact) mass is 419 g/mol. The Morgan fingerprint density at radius 1 is 0.935 bits per heavy atom. The first-order valence-electron chi connectivity index (χ1n) is 11.0. The van der Waals surface area contributed by atoms with E-state index >= 15 is 0 Å². The van der Waals surface area contributed by atoms with Crippen LogP contribution in [0.5, 0.6) is 0 Å². The summed E-state index contributed by atoms with van der Waals surface area (Å²) in [6, 6.07) is 20.0. The van der Waals surface area contributed by atoms with Gasteiger partial charge in [0.25, 0.3) is 0 Å². The summed E-state index contributed by atoms with van der Waals surface area (Å²) in [7, 11) is 0. The highest BCUT2D eigenvalue weighted by Crippen LogP contribution is 2.30. The summed E-state index contributed by atoms with van der Waals surface area (Å²) in [6.45, 7) is 1.66. The first-order valence-corrected chi connectivity index (χ1v) is 11.0. The van der Waals surface area contributed by atoms with E-state index in [1.807, 2.05) is 41.3 Å². The normalized spacial score (nSPS) is 20.5. The fourth-order valence-electron chi connectivity index (χ4n) is 4.84. The van der Waals surface area contributed by atoms with Crippen molar-refractivity contribution in [2.75, 3.05) is 19.6 Å². The highest BCUT2D eigenvalue weighted by Gasteiger charge is 2.43. The number of rotatable bonds is 7. The van der Waals surface area contributed by atoms with E-state index in [4.69, 9.17) is 5.73 Å². The predicted molar refractivity (Wildman–Crippen MR) is 118 cm³/mol. The number of amides is 3. The second kappa shape index (κ2) is 9.43. The van der Waals surface area contributed by atoms with E-state index in [9.17, 15) is 14.4 Å². The Balaban J connectivity index is 1.43. The highest BCUT2D eigenvalue weighted by atomic mass is 16.2. The minimum atomic E-state index is -0.409. The standard InChI is InChI=1S/C25H29N3O3/c26-24(30)20-11-14-27(15-12-20)22-17-23(29)28(25(22)31)16-13-21(18-7-3-1-4-8-18)19-9-5-2-6-10-19/h1-10,20-22H,11-17H2,(H2,26,30)/t22-/m0/s1. The van der Waals surface area contributed by atoms with E-state index in [2.05, 4.69) is 24.3 Å². The molecule has 6 heteroatoms. The van der Waals surface area contributed by atoms with Gasteiger partial charge in [-0.15, -0.1) is 0 Å². The summed E-state index contributed by atoms with van der Waals surface area (Å²) in [5, 5.41) is 0. The van der Waals surface area contributed by atoms with E-state index < -0.39 is 6.04 Å². The predicted octanol–water partition coefficient (Wildman–Crippen LogP) is 2.53. The molecular formula is C25H29N3O3. The van der Waals surface area contributed by atoms with E-state index in [1.54, 1.807) is 0 Å². The first-order chi connectivity index (χ1) is 15.0. The molecule has 2 aromatic rings. The minimum absolute atomic E-state index is 0.105. The zero-order chi connectivity index (χ0) is 21.8. The Morgan fingerprint density at radius 3 is 2.00 bits per heavy atom. The van der Waals surface area contributed by atoms with Crippen LogP contribution in [0.1, 0.15) is 42.7 Å². The summed E-state index contributed by atoms with van der Waals surface area (Å²) in [6.07, 6.45) is 2.21. The van der Waals surface area contributed by atoms with Gasteiger partial charge in [0, 0.05) is 18.4 Å². The molecule has 31 heavy (non-hydrogen) atoms. The summed E-state index contributed by atoms with van der Waals surface area (Å²) in [5.74, 6) is -0.498. The molecule has 0 radical (unpaired) electrons. The van der Waals surface area contributed by atoms with Gasteiger partial charge in [-0.2, -0.15) is 0 Å². The van der Waals surface area contributed by atoms with Gasteiger partial charge < -0.3 is 5.73 Å². The van der Waals surface area contributed by atoms with Crippen LogP contribution in [-0.2, 0) is 14.4 Å². The lowest BCUT2D eigenvalue weighted by Crippen LogP contribution is -2.47. The highest BCUT2D eigenvalue weighted by molar-refractivity contribution is 6.05. The molecular weight excluding hydrogens is 390 g/mol. The van der Waals surface area contributed by atoms with Gasteiger partial charge >= 0.3 is 0 Å². The molecule has 6 nitrogen and oxygen atoms in total. The van der Waals surface area contributed by atoms with E-state index in [0.29, 0.717) is 38.9 Å². The van der Waals surface area contributed by atoms with E-state index in [0.717, 1.165) is 0 Å². The van der Waals surface area contributed by atoms with Crippen molar-refractivity contribution in [3.05, 3.63) is 71.8 Å². The molecule has 2 N–H and O–H groups in total. The van der Waals surface area contributed by atoms with Gasteiger partial charge in [-0.1, -0.05) is 60.7 Å². The molecule has 1 atom stereocenters. The topological polar surface area (TPSA) is 83.7 Å². The number of nitrogens with zero attached hydrogens (tertiary/aromatic N) is 2. The summed E-state index contributed by atoms with van der Waals surface area (Å²) in [4.78, 5) is 40.7. The Kier molecular flexibility index (Phi) is 6.47. The zero-order valence-corrected chi connectivity index (χ0v) is 17.7. The van der Waals surface area contributed by atoms with E-state index in [1.165, 1.54) is 16.0 Å². The third-order valence-corrected chi connectivity index (χ3v) is 6.64. The van der Waals surface area contributed by atoms with Crippen LogP contribution in [0.2, 0.25) is 0 Å². The quantitative estimate of drug-likeness (QED) is 0.699. The molecule has 0 unspecified atom stereocenters. The number of carbonyl (C=O) groups excluding carboxylic acids is 3. The molecule has 0 spiro atoms. The third kappa shape index (κ3) is 4.69. The molecule has 2 saturated heterocycles. The Labute approximate surface area is 183 Å². The number of piperidine rings is 1. The number of primary amides is 1. The van der Waals surface area contributed by atoms with Gasteiger partial charge in [0.05, 0.1) is 12.5 Å². The third-order valence-electron chi connectivity index (χ3n) is 6.64. The Hall–Kier alpha value is -2.99. The van der Waals surface area contributed by atoms with Gasteiger partial charge in [-0.25, -0.2) is 0 Å². The maximum absolute atomic E-state index is 13.1. The second-order valence-corrected chi connectivity index (χ2v) is 8.48. The summed E-state index contributed by atoms with van der Waals surface area (Å²) < 4.78 is 0. The number of hydrogen-bond acceptors (Lipinski definition) is 4. The SMILES string of the molecule is NC(=O)C1CCN([C@H]2CC(=O)N(CCC(c3ccccc3)c3ccccc3)C2=O)CC1. The molecule has 2 heterocycles. The molecule has 2 aliphatic rings. The molecule has 0 bridgehead atoms. The fraction of sp³-hybridized carbons (Fsp3) is 0.400. The Bertz CT molecular complexity index is 884. The molecule has 4 rings (SSSR count). The van der Waals surface area contributed by atoms with Gasteiger partial charge in [-0.3, -0.25) is 24.2 Å². The summed E-state index contributed by atoms with van der Waals surface area (Å²) in [5.41, 5.74) is 7.77. The average molecular weight is 420 g/mol. The van der Waals surface area contributed by atoms with Crippen LogP contribution in [0.25, 0.3) is 0 Å². The zero-order valence-electron chi connectivity index (χ0n) is 17.7. The molecule has 0 saturated carbocycles. The smallest absolute Gasteiger partial charge is 0.247 e. The van der Waals surface area contributed by atoms with Gasteiger partial charge in [0.2, 0.25) is 17.7 Å². The molecule has 3 amide bonds. The number of likely N-dealkylation sites (tertiary alicyclic amines) is 2. The minimum Gasteiger partial charge on any atom is -0.369 e. The first kappa shape index (κ1) is 21.2. The van der Waals surface area contributed by atoms with Crippen molar-refractivity contribution >= 4 is 17.7 Å². The second-order valence-electron chi connectivity index (χ2n) is 8.48. The number of benzene rings is 2. The van der Waals surface area contributed by atoms with Crippen LogP contribution in [-0.4, -0.2) is 53.2 Å². The summed E-state index contributed by atoms with van der Waals surface area (Å²) >= 11 is 0. The molecule has 2 aliphatic heterocycles. The van der Waals surface area contributed by atoms with Crippen LogP contribution < -0.4 is 5.73 Å². The lowest BCUT2D eigenvalue weighted by atomic mass is 9.88. The van der Waals surface area contributed by atoms with Crippen molar-refractivity contribution in [1.29, 1.82) is 0 Å². The van der Waals surface area contributed by atoms with Crippen LogP contribution in [0.3, 0.4) is 0 Å². The molecule has 2 aromatic carbocycles. The van der Waals surface area contributed by atoms with Crippen LogP contribution >= 0.6 is 0 Å².